The zero-order valence-electron chi connectivity index (χ0n) is 14.3. The number of piperazine rings is 1. The summed E-state index contributed by atoms with van der Waals surface area (Å²) in [6, 6.07) is 2.55. The molecule has 0 aromatic heterocycles. The van der Waals surface area contributed by atoms with Crippen LogP contribution in [0, 0.1) is 5.92 Å². The van der Waals surface area contributed by atoms with E-state index in [2.05, 4.69) is 35.6 Å². The van der Waals surface area contributed by atoms with Crippen LogP contribution in [-0.4, -0.2) is 72.6 Å². The normalized spacial score (nSPS) is 32.7. The molecule has 2 saturated heterocycles. The van der Waals surface area contributed by atoms with Gasteiger partial charge in [-0.3, -0.25) is 4.90 Å². The average Bonchev–Trinajstić information content (AvgIpc) is 3.26. The van der Waals surface area contributed by atoms with Gasteiger partial charge in [0.05, 0.1) is 0 Å². The van der Waals surface area contributed by atoms with Crippen molar-refractivity contribution in [3.05, 3.63) is 0 Å². The van der Waals surface area contributed by atoms with Gasteiger partial charge in [-0.25, -0.2) is 0 Å². The van der Waals surface area contributed by atoms with Crippen molar-refractivity contribution in [3.8, 4) is 0 Å². The number of likely N-dealkylation sites (tertiary alicyclic amines) is 1. The Balaban J connectivity index is 0.000000704. The predicted molar refractivity (Wildman–Crippen MR) is 87.2 cm³/mol. The van der Waals surface area contributed by atoms with Gasteiger partial charge in [0.25, 0.3) is 0 Å². The zero-order valence-corrected chi connectivity index (χ0v) is 14.3. The molecule has 3 fully saturated rings. The van der Waals surface area contributed by atoms with E-state index in [1.165, 1.54) is 52.0 Å². The molecule has 3 rings (SSSR count). The molecule has 2 unspecified atom stereocenters. The lowest BCUT2D eigenvalue weighted by atomic mass is 9.95. The van der Waals surface area contributed by atoms with E-state index >= 15 is 0 Å². The van der Waals surface area contributed by atoms with Gasteiger partial charge in [-0.15, -0.1) is 0 Å². The van der Waals surface area contributed by atoms with Crippen LogP contribution >= 0.6 is 0 Å². The Labute approximate surface area is 126 Å². The van der Waals surface area contributed by atoms with Crippen LogP contribution in [0.3, 0.4) is 0 Å². The summed E-state index contributed by atoms with van der Waals surface area (Å²) in [5.74, 6) is 0.963. The van der Waals surface area contributed by atoms with Crippen molar-refractivity contribution in [2.75, 3.05) is 39.8 Å². The third-order valence-corrected chi connectivity index (χ3v) is 5.37. The van der Waals surface area contributed by atoms with E-state index in [9.17, 15) is 0 Å². The Morgan fingerprint density at radius 3 is 2.20 bits per heavy atom. The number of piperidine rings is 1. The van der Waals surface area contributed by atoms with Crippen molar-refractivity contribution in [1.29, 1.82) is 0 Å². The molecule has 20 heavy (non-hydrogen) atoms. The monoisotopic (exact) mass is 281 g/mol. The topological polar surface area (TPSA) is 9.72 Å². The second-order valence-corrected chi connectivity index (χ2v) is 6.92. The van der Waals surface area contributed by atoms with Gasteiger partial charge >= 0.3 is 0 Å². The lowest BCUT2D eigenvalue weighted by Crippen LogP contribution is -2.48. The molecule has 2 atom stereocenters. The van der Waals surface area contributed by atoms with Crippen molar-refractivity contribution in [2.45, 2.75) is 65.1 Å². The van der Waals surface area contributed by atoms with Gasteiger partial charge in [-0.2, -0.15) is 0 Å². The molecule has 0 spiro atoms. The van der Waals surface area contributed by atoms with Gasteiger partial charge in [-0.05, 0) is 59.2 Å². The fourth-order valence-corrected chi connectivity index (χ4v) is 3.86. The summed E-state index contributed by atoms with van der Waals surface area (Å²) in [6.45, 7) is 15.3. The van der Waals surface area contributed by atoms with Gasteiger partial charge in [0.1, 0.15) is 0 Å². The number of hydrogen-bond acceptors (Lipinski definition) is 3. The van der Waals surface area contributed by atoms with Crippen molar-refractivity contribution in [1.82, 2.24) is 14.7 Å². The zero-order chi connectivity index (χ0) is 14.7. The van der Waals surface area contributed by atoms with Gasteiger partial charge in [0.15, 0.2) is 0 Å². The number of hydrogen-bond donors (Lipinski definition) is 0. The Morgan fingerprint density at radius 1 is 0.950 bits per heavy atom. The molecule has 118 valence electrons. The Kier molecular flexibility index (Phi) is 5.88. The molecule has 0 bridgehead atoms. The number of likely N-dealkylation sites (N-methyl/N-ethyl adjacent to an activating group) is 1. The van der Waals surface area contributed by atoms with Gasteiger partial charge in [-0.1, -0.05) is 13.8 Å². The molecule has 0 aromatic rings. The molecule has 0 N–H and O–H groups in total. The SMILES string of the molecule is CC.CC(C)N1CCC(CN2CCN(C)C3CC32)CC1. The van der Waals surface area contributed by atoms with Crippen LogP contribution in [0.4, 0.5) is 0 Å². The molecule has 2 aliphatic heterocycles. The first-order valence-electron chi connectivity index (χ1n) is 8.83. The van der Waals surface area contributed by atoms with Crippen LogP contribution in [0.5, 0.6) is 0 Å². The first kappa shape index (κ1) is 16.3. The standard InChI is InChI=1S/C15H29N3.C2H6/c1-12(2)17-6-4-13(5-7-17)11-18-9-8-16(3)14-10-15(14)18;1-2/h12-15H,4-11H2,1-3H3;1-2H3. The minimum absolute atomic E-state index is 0.738. The fraction of sp³-hybridized carbons (Fsp3) is 1.00. The third-order valence-electron chi connectivity index (χ3n) is 5.37. The van der Waals surface area contributed by atoms with Crippen LogP contribution in [-0.2, 0) is 0 Å². The first-order valence-corrected chi connectivity index (χ1v) is 8.83. The van der Waals surface area contributed by atoms with Crippen LogP contribution < -0.4 is 0 Å². The van der Waals surface area contributed by atoms with Crippen molar-refractivity contribution >= 4 is 0 Å². The van der Waals surface area contributed by atoms with E-state index in [1.807, 2.05) is 13.8 Å². The molecular formula is C17H35N3. The van der Waals surface area contributed by atoms with E-state index < -0.39 is 0 Å². The predicted octanol–water partition coefficient (Wildman–Crippen LogP) is 2.52. The van der Waals surface area contributed by atoms with E-state index in [0.29, 0.717) is 0 Å². The Morgan fingerprint density at radius 2 is 1.60 bits per heavy atom. The molecule has 0 amide bonds. The van der Waals surface area contributed by atoms with Crippen molar-refractivity contribution in [3.63, 3.8) is 0 Å². The number of nitrogens with zero attached hydrogens (tertiary/aromatic N) is 3. The summed E-state index contributed by atoms with van der Waals surface area (Å²) >= 11 is 0. The summed E-state index contributed by atoms with van der Waals surface area (Å²) in [4.78, 5) is 7.99. The van der Waals surface area contributed by atoms with E-state index in [-0.39, 0.29) is 0 Å². The quantitative estimate of drug-likeness (QED) is 0.787. The largest absolute Gasteiger partial charge is 0.301 e. The Bertz CT molecular complexity index is 284. The smallest absolute Gasteiger partial charge is 0.0268 e. The third kappa shape index (κ3) is 3.75. The lowest BCUT2D eigenvalue weighted by Gasteiger charge is -2.38. The summed E-state index contributed by atoms with van der Waals surface area (Å²) < 4.78 is 0. The molecule has 1 saturated carbocycles. The second kappa shape index (κ2) is 7.24. The minimum Gasteiger partial charge on any atom is -0.301 e. The van der Waals surface area contributed by atoms with Crippen molar-refractivity contribution < 1.29 is 0 Å². The second-order valence-electron chi connectivity index (χ2n) is 6.92. The molecular weight excluding hydrogens is 246 g/mol. The maximum absolute atomic E-state index is 2.79. The first-order chi connectivity index (χ1) is 9.65. The van der Waals surface area contributed by atoms with Crippen LogP contribution in [0.25, 0.3) is 0 Å². The summed E-state index contributed by atoms with van der Waals surface area (Å²) in [5.41, 5.74) is 0. The molecule has 1 aliphatic carbocycles. The molecule has 3 nitrogen and oxygen atoms in total. The van der Waals surface area contributed by atoms with Crippen molar-refractivity contribution in [2.24, 2.45) is 5.92 Å². The highest BCUT2D eigenvalue weighted by Crippen LogP contribution is 2.36. The van der Waals surface area contributed by atoms with Crippen LogP contribution in [0.2, 0.25) is 0 Å². The summed E-state index contributed by atoms with van der Waals surface area (Å²) in [7, 11) is 2.29. The molecule has 0 radical (unpaired) electrons. The lowest BCUT2D eigenvalue weighted by molar-refractivity contribution is 0.0928. The molecule has 0 aromatic carbocycles. The highest BCUT2D eigenvalue weighted by atomic mass is 15.3. The van der Waals surface area contributed by atoms with Crippen LogP contribution in [0.15, 0.2) is 0 Å². The maximum atomic E-state index is 2.79. The van der Waals surface area contributed by atoms with E-state index in [4.69, 9.17) is 0 Å². The van der Waals surface area contributed by atoms with Gasteiger partial charge in [0.2, 0.25) is 0 Å². The average molecular weight is 281 g/mol. The summed E-state index contributed by atoms with van der Waals surface area (Å²) in [6.07, 6.45) is 4.27. The minimum atomic E-state index is 0.738. The van der Waals surface area contributed by atoms with E-state index in [0.717, 1.165) is 24.0 Å². The van der Waals surface area contributed by atoms with Crippen LogP contribution in [0.1, 0.15) is 47.0 Å². The fourth-order valence-electron chi connectivity index (χ4n) is 3.86. The number of fused-ring (bicyclic) bond motifs is 1. The summed E-state index contributed by atoms with van der Waals surface area (Å²) in [5, 5.41) is 0. The Hall–Kier alpha value is -0.120. The number of rotatable bonds is 3. The van der Waals surface area contributed by atoms with Gasteiger partial charge < -0.3 is 9.80 Å². The van der Waals surface area contributed by atoms with Gasteiger partial charge in [0, 0.05) is 37.8 Å². The highest BCUT2D eigenvalue weighted by Gasteiger charge is 2.47. The highest BCUT2D eigenvalue weighted by molar-refractivity contribution is 5.05. The molecule has 3 heteroatoms. The molecule has 2 heterocycles. The molecule has 3 aliphatic rings. The van der Waals surface area contributed by atoms with E-state index in [1.54, 1.807) is 0 Å². The maximum Gasteiger partial charge on any atom is 0.0268 e.